The molecule has 3 aromatic heterocycles. The average Bonchev–Trinajstić information content (AvgIpc) is 3.53. The van der Waals surface area contributed by atoms with E-state index >= 15 is 0 Å². The maximum absolute atomic E-state index is 12.7. The zero-order valence-corrected chi connectivity index (χ0v) is 20.7. The number of imidazole rings is 1. The lowest BCUT2D eigenvalue weighted by Gasteiger charge is -2.23. The second-order valence-corrected chi connectivity index (χ2v) is 10.2. The van der Waals surface area contributed by atoms with Gasteiger partial charge in [-0.3, -0.25) is 18.2 Å². The number of fused-ring (bicyclic) bond motifs is 1. The minimum absolute atomic E-state index is 0.0780. The molecule has 0 spiro atoms. The van der Waals surface area contributed by atoms with Crippen molar-refractivity contribution < 1.29 is 48.4 Å². The first-order chi connectivity index (χ1) is 18.5. The van der Waals surface area contributed by atoms with Crippen molar-refractivity contribution >= 4 is 30.6 Å². The number of nitrogen functional groups attached to an aromatic ring is 2. The van der Waals surface area contributed by atoms with E-state index in [9.17, 15) is 34.7 Å². The van der Waals surface area contributed by atoms with Crippen LogP contribution in [0.15, 0.2) is 29.7 Å². The first-order valence-electron chi connectivity index (χ1n) is 11.4. The number of nitrogens with two attached hydrogens (primary N) is 2. The molecule has 212 valence electrons. The fraction of sp³-hybridized carbons (Fsp3) is 0.526. The summed E-state index contributed by atoms with van der Waals surface area (Å²) < 4.78 is 36.0. The summed E-state index contributed by atoms with van der Waals surface area (Å²) >= 11 is 0. The number of aromatic nitrogens is 6. The van der Waals surface area contributed by atoms with Crippen LogP contribution >= 0.6 is 7.82 Å². The Bertz CT molecular complexity index is 1450. The molecule has 0 saturated carbocycles. The molecule has 3 aromatic rings. The van der Waals surface area contributed by atoms with E-state index in [-0.39, 0.29) is 22.8 Å². The van der Waals surface area contributed by atoms with Crippen molar-refractivity contribution in [1.29, 1.82) is 0 Å². The Morgan fingerprint density at radius 3 is 2.46 bits per heavy atom. The van der Waals surface area contributed by atoms with Crippen molar-refractivity contribution in [3.05, 3.63) is 35.4 Å². The number of hydrogen-bond donors (Lipinski definition) is 7. The summed E-state index contributed by atoms with van der Waals surface area (Å²) in [6.45, 7) is -1.48. The Balaban J connectivity index is 1.26. The molecule has 0 aromatic carbocycles. The van der Waals surface area contributed by atoms with Crippen LogP contribution in [0.5, 0.6) is 0 Å². The molecule has 5 rings (SSSR count). The number of aliphatic hydroxyl groups is 4. The van der Waals surface area contributed by atoms with Crippen LogP contribution in [0.1, 0.15) is 12.5 Å². The van der Waals surface area contributed by atoms with E-state index in [2.05, 4.69) is 19.9 Å². The molecule has 5 heterocycles. The Morgan fingerprint density at radius 1 is 1.03 bits per heavy atom. The third-order valence-corrected chi connectivity index (χ3v) is 7.26. The number of rotatable bonds is 8. The molecule has 2 saturated heterocycles. The molecule has 9 N–H and O–H groups in total. The van der Waals surface area contributed by atoms with Crippen LogP contribution in [0.4, 0.5) is 11.6 Å². The fourth-order valence-electron chi connectivity index (χ4n) is 4.35. The van der Waals surface area contributed by atoms with Gasteiger partial charge >= 0.3 is 13.5 Å². The first kappa shape index (κ1) is 27.5. The number of phosphoric acid groups is 1. The van der Waals surface area contributed by atoms with E-state index in [1.165, 1.54) is 29.5 Å². The van der Waals surface area contributed by atoms with Gasteiger partial charge in [0, 0.05) is 6.20 Å². The monoisotopic (exact) mass is 572 g/mol. The van der Waals surface area contributed by atoms with Crippen molar-refractivity contribution in [2.75, 3.05) is 24.7 Å². The Hall–Kier alpha value is -3.10. The molecule has 2 aliphatic heterocycles. The van der Waals surface area contributed by atoms with Gasteiger partial charge in [0.05, 0.1) is 19.5 Å². The van der Waals surface area contributed by atoms with Gasteiger partial charge in [0.25, 0.3) is 0 Å². The molecule has 1 unspecified atom stereocenters. The van der Waals surface area contributed by atoms with E-state index < -0.39 is 75.8 Å². The number of anilines is 2. The first-order valence-corrected chi connectivity index (χ1v) is 12.9. The van der Waals surface area contributed by atoms with Gasteiger partial charge in [0.2, 0.25) is 0 Å². The van der Waals surface area contributed by atoms with E-state index in [1.807, 2.05) is 0 Å². The second-order valence-electron chi connectivity index (χ2n) is 8.74. The van der Waals surface area contributed by atoms with Gasteiger partial charge < -0.3 is 46.3 Å². The summed E-state index contributed by atoms with van der Waals surface area (Å²) in [6, 6.07) is 1.27. The molecule has 2 aliphatic rings. The number of hydrogen-bond acceptors (Lipinski definition) is 16. The molecule has 0 aliphatic carbocycles. The molecule has 0 bridgehead atoms. The summed E-state index contributed by atoms with van der Waals surface area (Å²) in [5.74, 6) is 0.00915. The zero-order valence-electron chi connectivity index (χ0n) is 19.8. The molecule has 19 nitrogen and oxygen atoms in total. The molecule has 39 heavy (non-hydrogen) atoms. The van der Waals surface area contributed by atoms with Gasteiger partial charge in [0.1, 0.15) is 54.3 Å². The quantitative estimate of drug-likeness (QED) is 0.130. The summed E-state index contributed by atoms with van der Waals surface area (Å²) in [7, 11) is -4.99. The Labute approximate surface area is 217 Å². The molecular formula is C19H25N8O11P. The van der Waals surface area contributed by atoms with E-state index in [1.54, 1.807) is 0 Å². The lowest BCUT2D eigenvalue weighted by atomic mass is 10.1. The van der Waals surface area contributed by atoms with E-state index in [4.69, 9.17) is 30.0 Å². The third-order valence-electron chi connectivity index (χ3n) is 6.27. The topological polar surface area (TPSA) is 286 Å². The highest BCUT2D eigenvalue weighted by molar-refractivity contribution is 7.47. The predicted molar refractivity (Wildman–Crippen MR) is 126 cm³/mol. The standard InChI is InChI=1S/C19H25N8O11P/c20-9-1-2-26(19(32)25-9)18-13(31)14(7(3-28)36-18)38-39(33,34)35-4-8-11(29)12(30)17(37-8)27-6-24-10-15(21)22-5-23-16(10)27/h1-2,5-8,11-14,17-18,28-31H,3-4H2,(H,33,34)(H2,20,25,32)(H2,21,22,23)/t7-,8-,11-,12-,13-,14-,17+,18-/m1/s1. The third kappa shape index (κ3) is 5.12. The van der Waals surface area contributed by atoms with Gasteiger partial charge in [-0.2, -0.15) is 4.98 Å². The number of aliphatic hydroxyl groups excluding tert-OH is 4. The minimum atomic E-state index is -4.99. The highest BCUT2D eigenvalue weighted by Gasteiger charge is 2.50. The van der Waals surface area contributed by atoms with Crippen molar-refractivity contribution in [2.45, 2.75) is 49.1 Å². The summed E-state index contributed by atoms with van der Waals surface area (Å²) in [5.41, 5.74) is 10.8. The van der Waals surface area contributed by atoms with Crippen molar-refractivity contribution in [3.63, 3.8) is 0 Å². The maximum atomic E-state index is 12.7. The van der Waals surface area contributed by atoms with Gasteiger partial charge in [-0.1, -0.05) is 0 Å². The van der Waals surface area contributed by atoms with Crippen LogP contribution in [0, 0.1) is 0 Å². The van der Waals surface area contributed by atoms with E-state index in [0.29, 0.717) is 0 Å². The fourth-order valence-corrected chi connectivity index (χ4v) is 5.32. The number of phosphoric ester groups is 1. The Morgan fingerprint density at radius 2 is 1.74 bits per heavy atom. The molecule has 9 atom stereocenters. The molecular weight excluding hydrogens is 547 g/mol. The zero-order chi connectivity index (χ0) is 28.1. The lowest BCUT2D eigenvalue weighted by molar-refractivity contribution is -0.0594. The Kier molecular flexibility index (Phi) is 7.37. The predicted octanol–water partition coefficient (Wildman–Crippen LogP) is -3.38. The number of nitrogens with zero attached hydrogens (tertiary/aromatic N) is 6. The molecule has 0 radical (unpaired) electrons. The van der Waals surface area contributed by atoms with Crippen molar-refractivity contribution in [1.82, 2.24) is 29.1 Å². The van der Waals surface area contributed by atoms with Crippen LogP contribution in [-0.4, -0.2) is 104 Å². The SMILES string of the molecule is Nc1ccn([C@@H]2O[C@H](CO)[C@@H](OP(=O)(O)OC[C@H]3O[C@H](n4cnc5c(N)ncnc54)[C@H](O)[C@@H]3O)[C@H]2O)c(=O)n1. The van der Waals surface area contributed by atoms with Crippen molar-refractivity contribution in [3.8, 4) is 0 Å². The largest absolute Gasteiger partial charge is 0.472 e. The second kappa shape index (κ2) is 10.5. The summed E-state index contributed by atoms with van der Waals surface area (Å²) in [5, 5.41) is 41.3. The van der Waals surface area contributed by atoms with Crippen molar-refractivity contribution in [2.24, 2.45) is 0 Å². The van der Waals surface area contributed by atoms with Gasteiger partial charge in [-0.05, 0) is 6.07 Å². The minimum Gasteiger partial charge on any atom is -0.394 e. The highest BCUT2D eigenvalue weighted by atomic mass is 31.2. The van der Waals surface area contributed by atoms with Crippen LogP contribution in [0.25, 0.3) is 11.2 Å². The lowest BCUT2D eigenvalue weighted by Crippen LogP contribution is -2.38. The van der Waals surface area contributed by atoms with Crippen LogP contribution < -0.4 is 17.2 Å². The van der Waals surface area contributed by atoms with Gasteiger partial charge in [-0.25, -0.2) is 24.3 Å². The maximum Gasteiger partial charge on any atom is 0.472 e. The van der Waals surface area contributed by atoms with E-state index in [0.717, 1.165) is 4.57 Å². The van der Waals surface area contributed by atoms with Gasteiger partial charge in [0.15, 0.2) is 23.9 Å². The molecule has 2 fully saturated rings. The van der Waals surface area contributed by atoms with Crippen LogP contribution in [-0.2, 0) is 23.1 Å². The molecule has 0 amide bonds. The number of ether oxygens (including phenoxy) is 2. The van der Waals surface area contributed by atoms with Crippen LogP contribution in [0.3, 0.4) is 0 Å². The average molecular weight is 572 g/mol. The smallest absolute Gasteiger partial charge is 0.394 e. The highest BCUT2D eigenvalue weighted by Crippen LogP contribution is 2.49. The normalized spacial score (nSPS) is 32.5. The summed E-state index contributed by atoms with van der Waals surface area (Å²) in [6.07, 6.45) is -8.03. The van der Waals surface area contributed by atoms with Gasteiger partial charge in [-0.15, -0.1) is 0 Å². The summed E-state index contributed by atoms with van der Waals surface area (Å²) in [4.78, 5) is 37.9. The molecule has 20 heteroatoms. The van der Waals surface area contributed by atoms with Crippen LogP contribution in [0.2, 0.25) is 0 Å².